The normalized spacial score (nSPS) is 11.3. The Hall–Kier alpha value is -3.45. The van der Waals surface area contributed by atoms with Crippen molar-refractivity contribution in [2.75, 3.05) is 4.72 Å². The van der Waals surface area contributed by atoms with Crippen LogP contribution in [-0.4, -0.2) is 20.5 Å². The molecule has 0 aromatic heterocycles. The van der Waals surface area contributed by atoms with Crippen LogP contribution in [0.4, 0.5) is 5.69 Å². The highest BCUT2D eigenvalue weighted by Crippen LogP contribution is 2.16. The zero-order chi connectivity index (χ0) is 19.1. The molecule has 0 atom stereocenters. The maximum atomic E-state index is 12.3. The van der Waals surface area contributed by atoms with E-state index < -0.39 is 10.0 Å². The second-order valence-corrected chi connectivity index (χ2v) is 7.29. The summed E-state index contributed by atoms with van der Waals surface area (Å²) in [7, 11) is -3.67. The Labute approximate surface area is 157 Å². The molecule has 0 aliphatic carbocycles. The maximum absolute atomic E-state index is 12.3. The number of amides is 1. The van der Waals surface area contributed by atoms with Crippen molar-refractivity contribution < 1.29 is 13.2 Å². The highest BCUT2D eigenvalue weighted by atomic mass is 32.2. The number of sulfonamides is 1. The summed E-state index contributed by atoms with van der Waals surface area (Å²) in [5, 5.41) is 3.90. The molecule has 0 unspecified atom stereocenters. The first-order chi connectivity index (χ1) is 13.0. The van der Waals surface area contributed by atoms with Crippen LogP contribution >= 0.6 is 0 Å². The minimum absolute atomic E-state index is 0.169. The Morgan fingerprint density at radius 1 is 0.815 bits per heavy atom. The van der Waals surface area contributed by atoms with Crippen LogP contribution in [0.25, 0.3) is 0 Å². The first-order valence-corrected chi connectivity index (χ1v) is 9.59. The number of carbonyl (C=O) groups excluding carboxylic acids is 1. The van der Waals surface area contributed by atoms with Crippen LogP contribution in [0.15, 0.2) is 94.9 Å². The van der Waals surface area contributed by atoms with Gasteiger partial charge in [0.25, 0.3) is 15.9 Å². The van der Waals surface area contributed by atoms with Gasteiger partial charge in [0.15, 0.2) is 0 Å². The number of benzene rings is 3. The van der Waals surface area contributed by atoms with Gasteiger partial charge in [-0.3, -0.25) is 9.52 Å². The minimum atomic E-state index is -3.67. The number of nitrogens with zero attached hydrogens (tertiary/aromatic N) is 1. The average Bonchev–Trinajstić information content (AvgIpc) is 2.70. The van der Waals surface area contributed by atoms with Gasteiger partial charge in [-0.15, -0.1) is 0 Å². The fraction of sp³-hybridized carbons (Fsp3) is 0. The van der Waals surface area contributed by atoms with Gasteiger partial charge < -0.3 is 0 Å². The average molecular weight is 379 g/mol. The molecule has 0 heterocycles. The van der Waals surface area contributed by atoms with Crippen LogP contribution in [0.5, 0.6) is 0 Å². The molecule has 2 N–H and O–H groups in total. The summed E-state index contributed by atoms with van der Waals surface area (Å²) in [6.07, 6.45) is 1.54. The molecule has 3 rings (SSSR count). The predicted octanol–water partition coefficient (Wildman–Crippen LogP) is 3.25. The van der Waals surface area contributed by atoms with Crippen LogP contribution in [0.3, 0.4) is 0 Å². The molecule has 7 heteroatoms. The summed E-state index contributed by atoms with van der Waals surface area (Å²) < 4.78 is 27.1. The van der Waals surface area contributed by atoms with E-state index in [2.05, 4.69) is 15.2 Å². The molecule has 27 heavy (non-hydrogen) atoms. The van der Waals surface area contributed by atoms with Gasteiger partial charge in [0.1, 0.15) is 0 Å². The molecule has 3 aromatic carbocycles. The Bertz CT molecular complexity index is 1030. The summed E-state index contributed by atoms with van der Waals surface area (Å²) in [6.45, 7) is 0. The van der Waals surface area contributed by atoms with Crippen LogP contribution in [0.2, 0.25) is 0 Å². The van der Waals surface area contributed by atoms with Crippen molar-refractivity contribution in [2.45, 2.75) is 4.90 Å². The van der Waals surface area contributed by atoms with Gasteiger partial charge in [0.2, 0.25) is 0 Å². The zero-order valence-corrected chi connectivity index (χ0v) is 15.1. The lowest BCUT2D eigenvalue weighted by Crippen LogP contribution is -2.18. The van der Waals surface area contributed by atoms with Crippen LogP contribution in [0, 0.1) is 0 Å². The van der Waals surface area contributed by atoms with E-state index in [1.807, 2.05) is 30.3 Å². The molecule has 6 nitrogen and oxygen atoms in total. The molecule has 0 saturated carbocycles. The number of carbonyl (C=O) groups is 1. The highest BCUT2D eigenvalue weighted by molar-refractivity contribution is 7.92. The van der Waals surface area contributed by atoms with E-state index >= 15 is 0 Å². The van der Waals surface area contributed by atoms with Crippen molar-refractivity contribution >= 4 is 27.8 Å². The molecular formula is C20H17N3O3S. The third-order valence-corrected chi connectivity index (χ3v) is 5.03. The number of hydrazone groups is 1. The molecule has 0 aliphatic rings. The Kier molecular flexibility index (Phi) is 5.63. The number of hydrogen-bond acceptors (Lipinski definition) is 4. The van der Waals surface area contributed by atoms with E-state index in [0.29, 0.717) is 11.3 Å². The summed E-state index contributed by atoms with van der Waals surface area (Å²) in [4.78, 5) is 12.3. The van der Waals surface area contributed by atoms with E-state index in [-0.39, 0.29) is 10.8 Å². The van der Waals surface area contributed by atoms with Gasteiger partial charge in [-0.1, -0.05) is 48.5 Å². The third-order valence-electron chi connectivity index (χ3n) is 3.63. The Morgan fingerprint density at radius 2 is 1.41 bits per heavy atom. The second kappa shape index (κ2) is 8.29. The maximum Gasteiger partial charge on any atom is 0.271 e. The van der Waals surface area contributed by atoms with Gasteiger partial charge in [0.05, 0.1) is 11.1 Å². The standard InChI is InChI=1S/C20H17N3O3S/c24-20(22-21-15-16-7-3-1-4-8-16)17-11-13-18(14-12-17)23-27(25,26)19-9-5-2-6-10-19/h1-15,23H,(H,22,24)/b21-15+. The number of rotatable bonds is 6. The van der Waals surface area contributed by atoms with Crippen LogP contribution in [-0.2, 0) is 10.0 Å². The molecule has 1 amide bonds. The van der Waals surface area contributed by atoms with E-state index in [1.165, 1.54) is 36.4 Å². The fourth-order valence-electron chi connectivity index (χ4n) is 2.27. The van der Waals surface area contributed by atoms with Crippen molar-refractivity contribution in [2.24, 2.45) is 5.10 Å². The van der Waals surface area contributed by atoms with E-state index in [0.717, 1.165) is 5.56 Å². The monoisotopic (exact) mass is 379 g/mol. The fourth-order valence-corrected chi connectivity index (χ4v) is 3.35. The lowest BCUT2D eigenvalue weighted by Gasteiger charge is -2.08. The smallest absolute Gasteiger partial charge is 0.271 e. The molecule has 0 aliphatic heterocycles. The quantitative estimate of drug-likeness (QED) is 0.509. The largest absolute Gasteiger partial charge is 0.280 e. The number of hydrogen-bond donors (Lipinski definition) is 2. The summed E-state index contributed by atoms with van der Waals surface area (Å²) in [5.74, 6) is -0.389. The molecule has 0 spiro atoms. The van der Waals surface area contributed by atoms with Crippen molar-refractivity contribution in [1.82, 2.24) is 5.43 Å². The van der Waals surface area contributed by atoms with Gasteiger partial charge in [-0.2, -0.15) is 5.10 Å². The molecule has 0 radical (unpaired) electrons. The van der Waals surface area contributed by atoms with Crippen molar-refractivity contribution in [3.8, 4) is 0 Å². The minimum Gasteiger partial charge on any atom is -0.280 e. The van der Waals surface area contributed by atoms with Crippen LogP contribution in [0.1, 0.15) is 15.9 Å². The molecule has 0 saturated heterocycles. The lowest BCUT2D eigenvalue weighted by molar-refractivity contribution is 0.0955. The third kappa shape index (κ3) is 5.02. The van der Waals surface area contributed by atoms with Gasteiger partial charge >= 0.3 is 0 Å². The van der Waals surface area contributed by atoms with Gasteiger partial charge in [0, 0.05) is 11.3 Å². The SMILES string of the molecule is O=C(N/N=C/c1ccccc1)c1ccc(NS(=O)(=O)c2ccccc2)cc1. The van der Waals surface area contributed by atoms with E-state index in [9.17, 15) is 13.2 Å². The molecular weight excluding hydrogens is 362 g/mol. The number of nitrogens with one attached hydrogen (secondary N) is 2. The van der Waals surface area contributed by atoms with E-state index in [4.69, 9.17) is 0 Å². The van der Waals surface area contributed by atoms with E-state index in [1.54, 1.807) is 24.4 Å². The molecule has 3 aromatic rings. The van der Waals surface area contributed by atoms with Crippen LogP contribution < -0.4 is 10.1 Å². The summed E-state index contributed by atoms with van der Waals surface area (Å²) in [6, 6.07) is 23.5. The predicted molar refractivity (Wildman–Crippen MR) is 105 cm³/mol. The van der Waals surface area contributed by atoms with Crippen molar-refractivity contribution in [1.29, 1.82) is 0 Å². The lowest BCUT2D eigenvalue weighted by atomic mass is 10.2. The highest BCUT2D eigenvalue weighted by Gasteiger charge is 2.13. The Balaban J connectivity index is 1.63. The number of anilines is 1. The van der Waals surface area contributed by atoms with Crippen molar-refractivity contribution in [3.63, 3.8) is 0 Å². The molecule has 0 bridgehead atoms. The molecule has 0 fully saturated rings. The topological polar surface area (TPSA) is 87.6 Å². The summed E-state index contributed by atoms with van der Waals surface area (Å²) in [5.41, 5.74) is 4.03. The van der Waals surface area contributed by atoms with Crippen molar-refractivity contribution in [3.05, 3.63) is 96.1 Å². The van der Waals surface area contributed by atoms with Gasteiger partial charge in [-0.05, 0) is 42.0 Å². The Morgan fingerprint density at radius 3 is 2.04 bits per heavy atom. The zero-order valence-electron chi connectivity index (χ0n) is 14.2. The first-order valence-electron chi connectivity index (χ1n) is 8.11. The molecule has 136 valence electrons. The van der Waals surface area contributed by atoms with Gasteiger partial charge in [-0.25, -0.2) is 13.8 Å². The summed E-state index contributed by atoms with van der Waals surface area (Å²) >= 11 is 0. The first kappa shape index (κ1) is 18.3. The second-order valence-electron chi connectivity index (χ2n) is 5.61.